The minimum Gasteiger partial charge on any atom is -0.358 e. The van der Waals surface area contributed by atoms with Gasteiger partial charge in [-0.25, -0.2) is 0 Å². The number of hydrogen-bond acceptors (Lipinski definition) is 0. The predicted octanol–water partition coefficient (Wildman–Crippen LogP) is 16.8. The van der Waals surface area contributed by atoms with Crippen molar-refractivity contribution in [1.29, 1.82) is 0 Å². The maximum Gasteiger partial charge on any atom is 0.587 e. The van der Waals surface area contributed by atoms with Gasteiger partial charge in [-0.2, -0.15) is 0 Å². The predicted molar refractivity (Wildman–Crippen MR) is 310 cm³/mol. The van der Waals surface area contributed by atoms with Gasteiger partial charge in [0.15, 0.2) is 11.4 Å². The van der Waals surface area contributed by atoms with Gasteiger partial charge in [-0.15, -0.1) is 0 Å². The normalized spacial score (nSPS) is 18.1. The van der Waals surface area contributed by atoms with Crippen LogP contribution < -0.4 is 0 Å². The van der Waals surface area contributed by atoms with Crippen LogP contribution in [-0.2, 0) is 10.8 Å². The van der Waals surface area contributed by atoms with Gasteiger partial charge in [0.25, 0.3) is 0 Å². The number of rotatable bonds is 8. The average Bonchev–Trinajstić information content (AvgIpc) is 4.00. The van der Waals surface area contributed by atoms with E-state index in [0.717, 1.165) is 63.5 Å². The van der Waals surface area contributed by atoms with Gasteiger partial charge < -0.3 is 4.98 Å². The van der Waals surface area contributed by atoms with Crippen LogP contribution in [0.15, 0.2) is 248 Å². The third-order valence-electron chi connectivity index (χ3n) is 16.5. The standard InChI is InChI=1S/C71H60BN2/c1-47-27-13-6-7-26-44-70(55-30-16-9-17-31-55,56-32-18-10-19-33-56)63-45-54(40-42-59(47)63)66-49(3)69(74(72)51(66)5)67(52-28-14-8-15-29-52)68-48(2)65(50(4)73-68)53-41-43-61-60-38-24-25-39-62(60)71(64(61)46-53,57-34-20-11-21-35-57)58-36-22-12-23-37-58/h7-43,45-47,73H,6,44H2,1-5H3/q+1/b26-7-,27-13-. The summed E-state index contributed by atoms with van der Waals surface area (Å²) in [6.07, 6.45) is 11.2. The molecule has 9 aromatic rings. The summed E-state index contributed by atoms with van der Waals surface area (Å²) in [6, 6.07) is 78.6. The van der Waals surface area contributed by atoms with Gasteiger partial charge in [0.1, 0.15) is 0 Å². The second kappa shape index (κ2) is 19.0. The van der Waals surface area contributed by atoms with Crippen molar-refractivity contribution in [2.75, 3.05) is 0 Å². The summed E-state index contributed by atoms with van der Waals surface area (Å²) >= 11 is 0. The van der Waals surface area contributed by atoms with E-state index in [1.54, 1.807) is 0 Å². The maximum absolute atomic E-state index is 7.51. The SMILES string of the molecule is [B][N+]1=C(C)C(c2ccc3c(c2)C(c2ccccc2)(c2ccccc2)C/C=C\C/C=C\C3C)=C(C)/C1=C(\c1ccccc1)c1[nH]c(C)c(-c2ccc3c(c2)C(c2ccccc2)(c2ccccc2)c2ccccc2-3)c1C. The van der Waals surface area contributed by atoms with Crippen LogP contribution in [0.5, 0.6) is 0 Å². The first-order chi connectivity index (χ1) is 36.2. The van der Waals surface area contributed by atoms with E-state index >= 15 is 0 Å². The minimum atomic E-state index is -0.501. The second-order valence-electron chi connectivity index (χ2n) is 20.5. The van der Waals surface area contributed by atoms with Crippen molar-refractivity contribution in [2.24, 2.45) is 0 Å². The molecule has 12 rings (SSSR count). The Kier molecular flexibility index (Phi) is 12.0. The van der Waals surface area contributed by atoms with Crippen LogP contribution in [0.4, 0.5) is 0 Å². The Balaban J connectivity index is 1.06. The Morgan fingerprint density at radius 2 is 1.08 bits per heavy atom. The van der Waals surface area contributed by atoms with Crippen molar-refractivity contribution < 1.29 is 4.49 Å². The van der Waals surface area contributed by atoms with Crippen LogP contribution in [-0.4, -0.2) is 23.2 Å². The van der Waals surface area contributed by atoms with Crippen LogP contribution in [0.2, 0.25) is 0 Å². The van der Waals surface area contributed by atoms with Gasteiger partial charge in [-0.05, 0) is 130 Å². The Bertz CT molecular complexity index is 3680. The Hall–Kier alpha value is -8.27. The molecular weight excluding hydrogens is 892 g/mol. The number of H-pyrrole nitrogens is 1. The lowest BCUT2D eigenvalue weighted by Crippen LogP contribution is -2.31. The number of allylic oxidation sites excluding steroid dienone is 6. The lowest BCUT2D eigenvalue weighted by atomic mass is 9.64. The third-order valence-corrected chi connectivity index (χ3v) is 16.5. The van der Waals surface area contributed by atoms with E-state index in [0.29, 0.717) is 0 Å². The number of nitrogens with zero attached hydrogens (tertiary/aromatic N) is 1. The summed E-state index contributed by atoms with van der Waals surface area (Å²) in [6.45, 7) is 11.3. The molecule has 2 radical (unpaired) electrons. The first kappa shape index (κ1) is 46.8. The third kappa shape index (κ3) is 7.35. The second-order valence-corrected chi connectivity index (χ2v) is 20.5. The maximum atomic E-state index is 7.51. The van der Waals surface area contributed by atoms with E-state index in [-0.39, 0.29) is 5.92 Å². The molecule has 1 N–H and O–H groups in total. The first-order valence-corrected chi connectivity index (χ1v) is 26.3. The summed E-state index contributed by atoms with van der Waals surface area (Å²) < 4.78 is 1.95. The molecule has 0 amide bonds. The summed E-state index contributed by atoms with van der Waals surface area (Å²) in [4.78, 5) is 4.00. The van der Waals surface area contributed by atoms with Crippen molar-refractivity contribution in [3.63, 3.8) is 0 Å². The summed E-state index contributed by atoms with van der Waals surface area (Å²) in [5.74, 6) is 0.203. The van der Waals surface area contributed by atoms with Crippen LogP contribution >= 0.6 is 0 Å². The van der Waals surface area contributed by atoms with E-state index in [1.807, 2.05) is 4.49 Å². The number of aryl methyl sites for hydroxylation is 1. The molecule has 0 saturated heterocycles. The van der Waals surface area contributed by atoms with Crippen LogP contribution in [0.3, 0.4) is 0 Å². The molecule has 356 valence electrons. The Morgan fingerprint density at radius 3 is 1.72 bits per heavy atom. The topological polar surface area (TPSA) is 18.8 Å². The van der Waals surface area contributed by atoms with Gasteiger partial charge in [-0.3, -0.25) is 4.49 Å². The molecule has 1 aromatic heterocycles. The Labute approximate surface area is 439 Å². The number of hydrogen-bond donors (Lipinski definition) is 1. The highest BCUT2D eigenvalue weighted by Gasteiger charge is 2.46. The molecule has 1 unspecified atom stereocenters. The summed E-state index contributed by atoms with van der Waals surface area (Å²) in [5.41, 5.74) is 25.3. The zero-order chi connectivity index (χ0) is 50.6. The number of fused-ring (bicyclic) bond motifs is 4. The number of benzene rings is 8. The quantitative estimate of drug-likeness (QED) is 0.116. The molecule has 8 aromatic carbocycles. The van der Waals surface area contributed by atoms with Crippen LogP contribution in [0, 0.1) is 13.8 Å². The fraction of sp³-hybridized carbons (Fsp3) is 0.141. The summed E-state index contributed by atoms with van der Waals surface area (Å²) in [5, 5.41) is 0. The smallest absolute Gasteiger partial charge is 0.358 e. The molecule has 2 aliphatic carbocycles. The van der Waals surface area contributed by atoms with Gasteiger partial charge in [0.05, 0.1) is 22.3 Å². The summed E-state index contributed by atoms with van der Waals surface area (Å²) in [7, 11) is 7.51. The van der Waals surface area contributed by atoms with Gasteiger partial charge >= 0.3 is 7.98 Å². The van der Waals surface area contributed by atoms with Gasteiger partial charge in [-0.1, -0.05) is 231 Å². The first-order valence-electron chi connectivity index (χ1n) is 26.3. The lowest BCUT2D eigenvalue weighted by Gasteiger charge is -2.38. The van der Waals surface area contributed by atoms with Gasteiger partial charge in [0, 0.05) is 29.2 Å². The van der Waals surface area contributed by atoms with Crippen molar-refractivity contribution in [3.8, 4) is 22.3 Å². The highest BCUT2D eigenvalue weighted by molar-refractivity contribution is 6.27. The molecule has 74 heavy (non-hydrogen) atoms. The molecule has 2 nitrogen and oxygen atoms in total. The fourth-order valence-corrected chi connectivity index (χ4v) is 13.2. The highest BCUT2D eigenvalue weighted by atomic mass is 15.0. The number of nitrogens with one attached hydrogen (secondary N) is 1. The van der Waals surface area contributed by atoms with Crippen molar-refractivity contribution in [3.05, 3.63) is 320 Å². The lowest BCUT2D eigenvalue weighted by molar-refractivity contribution is -0.301. The van der Waals surface area contributed by atoms with E-state index in [2.05, 4.69) is 276 Å². The molecule has 2 heterocycles. The average molecular weight is 952 g/mol. The number of aromatic nitrogens is 1. The molecule has 3 heteroatoms. The zero-order valence-electron chi connectivity index (χ0n) is 43.0. The van der Waals surface area contributed by atoms with E-state index in [9.17, 15) is 0 Å². The van der Waals surface area contributed by atoms with Crippen molar-refractivity contribution >= 4 is 24.8 Å². The minimum absolute atomic E-state index is 0.203. The Morgan fingerprint density at radius 1 is 0.541 bits per heavy atom. The van der Waals surface area contributed by atoms with Crippen LogP contribution in [0.25, 0.3) is 33.4 Å². The highest BCUT2D eigenvalue weighted by Crippen LogP contribution is 2.57. The fourth-order valence-electron chi connectivity index (χ4n) is 13.2. The largest absolute Gasteiger partial charge is 0.587 e. The molecule has 1 atom stereocenters. The zero-order valence-corrected chi connectivity index (χ0v) is 43.0. The molecular formula is C71H60BN2+. The molecule has 0 bridgehead atoms. The van der Waals surface area contributed by atoms with E-state index < -0.39 is 10.8 Å². The van der Waals surface area contributed by atoms with Gasteiger partial charge in [0.2, 0.25) is 0 Å². The molecule has 0 spiro atoms. The van der Waals surface area contributed by atoms with Crippen LogP contribution in [0.1, 0.15) is 112 Å². The monoisotopic (exact) mass is 951 g/mol. The molecule has 0 fully saturated rings. The molecule has 0 saturated carbocycles. The van der Waals surface area contributed by atoms with Crippen molar-refractivity contribution in [1.82, 2.24) is 4.98 Å². The molecule has 3 aliphatic rings. The van der Waals surface area contributed by atoms with E-state index in [4.69, 9.17) is 7.98 Å². The van der Waals surface area contributed by atoms with E-state index in [1.165, 1.54) is 72.3 Å². The molecule has 1 aliphatic heterocycles. The number of aromatic amines is 1. The van der Waals surface area contributed by atoms with Crippen molar-refractivity contribution in [2.45, 2.75) is 64.2 Å².